The van der Waals surface area contributed by atoms with Gasteiger partial charge >= 0.3 is 6.18 Å². The smallest absolute Gasteiger partial charge is 0.432 e. The summed E-state index contributed by atoms with van der Waals surface area (Å²) in [6, 6.07) is 12.2. The Hall–Kier alpha value is -4.25. The Labute approximate surface area is 206 Å². The average Bonchev–Trinajstić information content (AvgIpc) is 3.49. The summed E-state index contributed by atoms with van der Waals surface area (Å²) < 4.78 is 54.9. The van der Waals surface area contributed by atoms with Crippen LogP contribution in [-0.4, -0.2) is 37.6 Å². The zero-order chi connectivity index (χ0) is 25.4. The van der Waals surface area contributed by atoms with E-state index in [0.717, 1.165) is 4.57 Å². The molecule has 0 unspecified atom stereocenters. The Balaban J connectivity index is 1.71. The van der Waals surface area contributed by atoms with Crippen molar-refractivity contribution >= 4 is 28.3 Å². The number of benzene rings is 2. The van der Waals surface area contributed by atoms with E-state index in [4.69, 9.17) is 20.9 Å². The summed E-state index contributed by atoms with van der Waals surface area (Å²) >= 11 is 5.93. The molecule has 5 aromatic rings. The second-order valence-corrected chi connectivity index (χ2v) is 8.10. The Morgan fingerprint density at radius 2 is 1.92 bits per heavy atom. The zero-order valence-corrected chi connectivity index (χ0v) is 19.2. The fourth-order valence-electron chi connectivity index (χ4n) is 3.87. The van der Waals surface area contributed by atoms with Gasteiger partial charge in [0.05, 0.1) is 12.7 Å². The molecule has 0 fully saturated rings. The van der Waals surface area contributed by atoms with Gasteiger partial charge in [-0.05, 0) is 42.0 Å². The molecule has 3 heterocycles. The number of fused-ring (bicyclic) bond motifs is 1. The number of halogens is 4. The summed E-state index contributed by atoms with van der Waals surface area (Å²) in [7, 11) is 1.38. The van der Waals surface area contributed by atoms with Crippen molar-refractivity contribution in [1.82, 2.24) is 24.7 Å². The van der Waals surface area contributed by atoms with E-state index in [0.29, 0.717) is 10.6 Å². The number of nitrogens with zero attached hydrogens (tertiary/aromatic N) is 5. The maximum atomic E-state index is 14.5. The number of methoxy groups -OCH3 is 1. The van der Waals surface area contributed by atoms with Crippen molar-refractivity contribution in [1.29, 1.82) is 0 Å². The van der Waals surface area contributed by atoms with E-state index in [1.54, 1.807) is 24.3 Å². The second kappa shape index (κ2) is 9.08. The van der Waals surface area contributed by atoms with Gasteiger partial charge in [0.1, 0.15) is 23.5 Å². The normalized spacial score (nSPS) is 11.7. The van der Waals surface area contributed by atoms with Crippen LogP contribution in [-0.2, 0) is 12.7 Å². The van der Waals surface area contributed by atoms with E-state index < -0.39 is 29.1 Å². The molecule has 0 amide bonds. The highest BCUT2D eigenvalue weighted by molar-refractivity contribution is 6.30. The van der Waals surface area contributed by atoms with Gasteiger partial charge < -0.3 is 13.8 Å². The topological polar surface area (TPSA) is 95.9 Å². The highest BCUT2D eigenvalue weighted by atomic mass is 35.5. The van der Waals surface area contributed by atoms with E-state index in [2.05, 4.69) is 20.1 Å². The summed E-state index contributed by atoms with van der Waals surface area (Å²) in [5.74, 6) is -1.47. The molecule has 0 aliphatic heterocycles. The van der Waals surface area contributed by atoms with Crippen molar-refractivity contribution in [3.63, 3.8) is 0 Å². The molecule has 182 valence electrons. The Bertz CT molecular complexity index is 1560. The summed E-state index contributed by atoms with van der Waals surface area (Å²) in [6.07, 6.45) is -2.22. The molecule has 0 spiro atoms. The maximum absolute atomic E-state index is 14.5. The van der Waals surface area contributed by atoms with Crippen LogP contribution in [0.15, 0.2) is 65.6 Å². The molecular weight excluding hydrogens is 499 g/mol. The first kappa shape index (κ1) is 23.5. The molecule has 0 atom stereocenters. The number of ketones is 1. The predicted octanol–water partition coefficient (Wildman–Crippen LogP) is 5.44. The van der Waals surface area contributed by atoms with Gasteiger partial charge in [-0.25, -0.2) is 9.97 Å². The summed E-state index contributed by atoms with van der Waals surface area (Å²) in [4.78, 5) is 25.2. The number of hydrogen-bond donors (Lipinski definition) is 0. The molecule has 0 saturated carbocycles. The lowest BCUT2D eigenvalue weighted by Crippen LogP contribution is -2.19. The quantitative estimate of drug-likeness (QED) is 0.279. The van der Waals surface area contributed by atoms with Gasteiger partial charge in [-0.2, -0.15) is 18.2 Å². The molecule has 0 radical (unpaired) electrons. The fourth-order valence-corrected chi connectivity index (χ4v) is 4.00. The van der Waals surface area contributed by atoms with Gasteiger partial charge in [-0.15, -0.1) is 0 Å². The van der Waals surface area contributed by atoms with E-state index in [1.807, 2.05) is 0 Å². The molecule has 0 N–H and O–H groups in total. The zero-order valence-electron chi connectivity index (χ0n) is 18.5. The highest BCUT2D eigenvalue weighted by Crippen LogP contribution is 2.41. The minimum atomic E-state index is -4.89. The Kier molecular flexibility index (Phi) is 5.92. The van der Waals surface area contributed by atoms with Crippen molar-refractivity contribution in [2.75, 3.05) is 7.11 Å². The van der Waals surface area contributed by atoms with Crippen LogP contribution < -0.4 is 4.74 Å². The number of alkyl halides is 3. The van der Waals surface area contributed by atoms with Crippen LogP contribution in [0, 0.1) is 0 Å². The van der Waals surface area contributed by atoms with E-state index >= 15 is 0 Å². The highest BCUT2D eigenvalue weighted by Gasteiger charge is 2.42. The monoisotopic (exact) mass is 513 g/mol. The fraction of sp³-hybridized carbons (Fsp3) is 0.125. The first-order valence-electron chi connectivity index (χ1n) is 10.4. The van der Waals surface area contributed by atoms with Crippen LogP contribution in [0.2, 0.25) is 5.02 Å². The molecule has 0 saturated heterocycles. The van der Waals surface area contributed by atoms with Crippen molar-refractivity contribution < 1.29 is 27.2 Å². The molecule has 0 bridgehead atoms. The van der Waals surface area contributed by atoms with Crippen LogP contribution in [0.3, 0.4) is 0 Å². The SMILES string of the molecule is COc1ccc2c(c1)c(C(=O)c1nc(-c3ccncn3)no1)c(C(F)(F)F)n2Cc1ccc(Cl)cc1. The third-order valence-corrected chi connectivity index (χ3v) is 5.70. The molecule has 0 aliphatic rings. The molecular formula is C24H15ClF3N5O3. The first-order valence-corrected chi connectivity index (χ1v) is 10.8. The van der Waals surface area contributed by atoms with Crippen LogP contribution in [0.4, 0.5) is 13.2 Å². The van der Waals surface area contributed by atoms with Gasteiger partial charge in [0.25, 0.3) is 11.7 Å². The molecule has 2 aromatic carbocycles. The third kappa shape index (κ3) is 4.29. The van der Waals surface area contributed by atoms with Gasteiger partial charge in [0, 0.05) is 28.7 Å². The van der Waals surface area contributed by atoms with Crippen molar-refractivity contribution in [2.24, 2.45) is 0 Å². The van der Waals surface area contributed by atoms with Gasteiger partial charge in [0.15, 0.2) is 0 Å². The Morgan fingerprint density at radius 1 is 1.14 bits per heavy atom. The predicted molar refractivity (Wildman–Crippen MR) is 123 cm³/mol. The molecule has 3 aromatic heterocycles. The van der Waals surface area contributed by atoms with Crippen molar-refractivity contribution in [2.45, 2.75) is 12.7 Å². The number of carbonyl (C=O) groups excluding carboxylic acids is 1. The number of rotatable bonds is 6. The third-order valence-electron chi connectivity index (χ3n) is 5.45. The minimum Gasteiger partial charge on any atom is -0.497 e. The van der Waals surface area contributed by atoms with Gasteiger partial charge in [0.2, 0.25) is 5.82 Å². The minimum absolute atomic E-state index is 0.0300. The van der Waals surface area contributed by atoms with Crippen LogP contribution in [0.1, 0.15) is 27.5 Å². The van der Waals surface area contributed by atoms with E-state index in [9.17, 15) is 18.0 Å². The standard InChI is InChI=1S/C24H15ClF3N5O3/c1-35-15-6-7-18-16(10-15)19(20(34)23-31-22(32-36-23)17-8-9-29-12-30-17)21(24(26,27)28)33(18)11-13-2-4-14(25)5-3-13/h2-10,12H,11H2,1H3. The second-order valence-electron chi connectivity index (χ2n) is 7.66. The van der Waals surface area contributed by atoms with Gasteiger partial charge in [-0.3, -0.25) is 4.79 Å². The summed E-state index contributed by atoms with van der Waals surface area (Å²) in [5, 5.41) is 4.18. The summed E-state index contributed by atoms with van der Waals surface area (Å²) in [6.45, 7) is -0.169. The van der Waals surface area contributed by atoms with Crippen molar-refractivity contribution in [3.05, 3.63) is 88.8 Å². The molecule has 0 aliphatic carbocycles. The number of hydrogen-bond acceptors (Lipinski definition) is 7. The van der Waals surface area contributed by atoms with Crippen LogP contribution in [0.5, 0.6) is 5.75 Å². The lowest BCUT2D eigenvalue weighted by Gasteiger charge is -2.14. The lowest BCUT2D eigenvalue weighted by molar-refractivity contribution is -0.143. The maximum Gasteiger partial charge on any atom is 0.432 e. The van der Waals surface area contributed by atoms with E-state index in [-0.39, 0.29) is 34.7 Å². The number of ether oxygens (including phenoxy) is 1. The summed E-state index contributed by atoms with van der Waals surface area (Å²) in [5.41, 5.74) is -0.788. The molecule has 36 heavy (non-hydrogen) atoms. The van der Waals surface area contributed by atoms with Crippen LogP contribution >= 0.6 is 11.6 Å². The molecule has 8 nitrogen and oxygen atoms in total. The largest absolute Gasteiger partial charge is 0.497 e. The average molecular weight is 514 g/mol. The number of carbonyl (C=O) groups is 1. The van der Waals surface area contributed by atoms with E-state index in [1.165, 1.54) is 43.9 Å². The van der Waals surface area contributed by atoms with Crippen molar-refractivity contribution in [3.8, 4) is 17.3 Å². The molecule has 5 rings (SSSR count). The van der Waals surface area contributed by atoms with Crippen LogP contribution in [0.25, 0.3) is 22.4 Å². The lowest BCUT2D eigenvalue weighted by atomic mass is 10.1. The van der Waals surface area contributed by atoms with Gasteiger partial charge in [-0.1, -0.05) is 28.9 Å². The Morgan fingerprint density at radius 3 is 2.58 bits per heavy atom. The first-order chi connectivity index (χ1) is 17.3. The molecule has 12 heteroatoms. The number of aromatic nitrogens is 5.